The molecule has 0 aliphatic rings. The molecule has 118 valence electrons. The number of carbonyl (C=O) groups excluding carboxylic acids is 1. The van der Waals surface area contributed by atoms with Crippen LogP contribution in [0.1, 0.15) is 26.2 Å². The lowest BCUT2D eigenvalue weighted by Crippen LogP contribution is -2.33. The number of anilines is 1. The van der Waals surface area contributed by atoms with Crippen LogP contribution in [0.25, 0.3) is 0 Å². The molecule has 5 nitrogen and oxygen atoms in total. The van der Waals surface area contributed by atoms with Crippen molar-refractivity contribution in [3.05, 3.63) is 28.7 Å². The van der Waals surface area contributed by atoms with Gasteiger partial charge in [0.1, 0.15) is 0 Å². The minimum Gasteiger partial charge on any atom is -0.326 e. The van der Waals surface area contributed by atoms with Gasteiger partial charge in [-0.05, 0) is 24.6 Å². The minimum atomic E-state index is -3.27. The van der Waals surface area contributed by atoms with E-state index in [0.29, 0.717) is 12.2 Å². The molecule has 0 aromatic heterocycles. The normalized spacial score (nSPS) is 11.6. The number of benzene rings is 1. The number of nitrogens with one attached hydrogen (secondary N) is 1. The molecule has 7 heteroatoms. The van der Waals surface area contributed by atoms with Crippen LogP contribution < -0.4 is 5.32 Å². The summed E-state index contributed by atoms with van der Waals surface area (Å²) < 4.78 is 25.5. The first-order chi connectivity index (χ1) is 9.82. The lowest BCUT2D eigenvalue weighted by atomic mass is 10.3. The van der Waals surface area contributed by atoms with Gasteiger partial charge in [-0.1, -0.05) is 35.3 Å². The Labute approximate surface area is 134 Å². The van der Waals surface area contributed by atoms with E-state index in [2.05, 4.69) is 21.2 Å². The Morgan fingerprint density at radius 1 is 1.33 bits per heavy atom. The summed E-state index contributed by atoms with van der Waals surface area (Å²) >= 11 is 3.33. The molecule has 0 saturated carbocycles. The van der Waals surface area contributed by atoms with Crippen LogP contribution in [0.3, 0.4) is 0 Å². The summed E-state index contributed by atoms with van der Waals surface area (Å²) in [6.07, 6.45) is 3.02. The molecular weight excluding hydrogens is 356 g/mol. The molecule has 1 aromatic rings. The topological polar surface area (TPSA) is 66.5 Å². The average Bonchev–Trinajstić information content (AvgIpc) is 2.37. The summed E-state index contributed by atoms with van der Waals surface area (Å²) in [6, 6.07) is 7.27. The zero-order valence-electron chi connectivity index (χ0n) is 12.3. The van der Waals surface area contributed by atoms with Gasteiger partial charge in [0, 0.05) is 29.7 Å². The number of rotatable bonds is 8. The van der Waals surface area contributed by atoms with Crippen molar-refractivity contribution in [1.29, 1.82) is 0 Å². The first kappa shape index (κ1) is 18.1. The molecule has 0 saturated heterocycles. The van der Waals surface area contributed by atoms with E-state index in [4.69, 9.17) is 0 Å². The molecule has 0 heterocycles. The molecule has 0 fully saturated rings. The lowest BCUT2D eigenvalue weighted by molar-refractivity contribution is -0.116. The highest BCUT2D eigenvalue weighted by atomic mass is 79.9. The summed E-state index contributed by atoms with van der Waals surface area (Å²) in [6.45, 7) is 2.67. The second-order valence-electron chi connectivity index (χ2n) is 4.82. The Bertz CT molecular complexity index is 575. The number of halogens is 1. The summed E-state index contributed by atoms with van der Waals surface area (Å²) in [7, 11) is -3.27. The first-order valence-electron chi connectivity index (χ1n) is 6.83. The SMILES string of the molecule is CCCCN(CCC(=O)Nc1cccc(Br)c1)S(C)(=O)=O. The van der Waals surface area contributed by atoms with Crippen molar-refractivity contribution in [2.45, 2.75) is 26.2 Å². The van der Waals surface area contributed by atoms with Crippen molar-refractivity contribution < 1.29 is 13.2 Å². The predicted molar refractivity (Wildman–Crippen MR) is 88.7 cm³/mol. The zero-order valence-corrected chi connectivity index (χ0v) is 14.7. The van der Waals surface area contributed by atoms with Crippen molar-refractivity contribution in [3.8, 4) is 0 Å². The standard InChI is InChI=1S/C14H21BrN2O3S/c1-3-4-9-17(21(2,19)20)10-8-14(18)16-13-7-5-6-12(15)11-13/h5-7,11H,3-4,8-10H2,1-2H3,(H,16,18). The van der Waals surface area contributed by atoms with E-state index in [1.54, 1.807) is 12.1 Å². The van der Waals surface area contributed by atoms with E-state index >= 15 is 0 Å². The highest BCUT2D eigenvalue weighted by molar-refractivity contribution is 9.10. The second-order valence-corrected chi connectivity index (χ2v) is 7.72. The minimum absolute atomic E-state index is 0.142. The lowest BCUT2D eigenvalue weighted by Gasteiger charge is -2.19. The largest absolute Gasteiger partial charge is 0.326 e. The molecule has 1 aromatic carbocycles. The first-order valence-corrected chi connectivity index (χ1v) is 9.47. The van der Waals surface area contributed by atoms with Crippen molar-refractivity contribution in [2.24, 2.45) is 0 Å². The van der Waals surface area contributed by atoms with Gasteiger partial charge in [0.2, 0.25) is 15.9 Å². The molecule has 0 aliphatic heterocycles. The predicted octanol–water partition coefficient (Wildman–Crippen LogP) is 2.84. The summed E-state index contributed by atoms with van der Waals surface area (Å²) in [5, 5.41) is 2.76. The van der Waals surface area contributed by atoms with Crippen LogP contribution in [0, 0.1) is 0 Å². The molecular formula is C14H21BrN2O3S. The van der Waals surface area contributed by atoms with Gasteiger partial charge in [0.15, 0.2) is 0 Å². The van der Waals surface area contributed by atoms with Gasteiger partial charge in [0.05, 0.1) is 6.26 Å². The van der Waals surface area contributed by atoms with E-state index in [1.165, 1.54) is 10.6 Å². The number of carbonyl (C=O) groups is 1. The highest BCUT2D eigenvalue weighted by Crippen LogP contribution is 2.15. The fraction of sp³-hybridized carbons (Fsp3) is 0.500. The third-order valence-electron chi connectivity index (χ3n) is 2.93. The molecule has 1 amide bonds. The zero-order chi connectivity index (χ0) is 15.9. The Morgan fingerprint density at radius 2 is 2.05 bits per heavy atom. The van der Waals surface area contributed by atoms with Gasteiger partial charge >= 0.3 is 0 Å². The molecule has 0 atom stereocenters. The van der Waals surface area contributed by atoms with E-state index in [9.17, 15) is 13.2 Å². The highest BCUT2D eigenvalue weighted by Gasteiger charge is 2.17. The number of sulfonamides is 1. The van der Waals surface area contributed by atoms with Crippen LogP contribution in [-0.4, -0.2) is 38.0 Å². The van der Waals surface area contributed by atoms with Gasteiger partial charge in [-0.15, -0.1) is 0 Å². The number of hydrogen-bond acceptors (Lipinski definition) is 3. The maximum absolute atomic E-state index is 11.9. The van der Waals surface area contributed by atoms with Crippen LogP contribution in [0.4, 0.5) is 5.69 Å². The Balaban J connectivity index is 2.53. The smallest absolute Gasteiger partial charge is 0.225 e. The van der Waals surface area contributed by atoms with Gasteiger partial charge in [0.25, 0.3) is 0 Å². The molecule has 0 spiro atoms. The molecule has 21 heavy (non-hydrogen) atoms. The number of amides is 1. The van der Waals surface area contributed by atoms with Gasteiger partial charge in [-0.3, -0.25) is 4.79 Å². The monoisotopic (exact) mass is 376 g/mol. The fourth-order valence-corrected chi connectivity index (χ4v) is 3.08. The van der Waals surface area contributed by atoms with E-state index in [0.717, 1.165) is 17.3 Å². The Morgan fingerprint density at radius 3 is 2.62 bits per heavy atom. The third kappa shape index (κ3) is 7.06. The molecule has 0 unspecified atom stereocenters. The van der Waals surface area contributed by atoms with Gasteiger partial charge in [-0.2, -0.15) is 0 Å². The van der Waals surface area contributed by atoms with Crippen LogP contribution in [-0.2, 0) is 14.8 Å². The van der Waals surface area contributed by atoms with Crippen LogP contribution in [0.2, 0.25) is 0 Å². The molecule has 1 rings (SSSR count). The van der Waals surface area contributed by atoms with E-state index < -0.39 is 10.0 Å². The number of unbranched alkanes of at least 4 members (excludes halogenated alkanes) is 1. The van der Waals surface area contributed by atoms with Crippen LogP contribution >= 0.6 is 15.9 Å². The van der Waals surface area contributed by atoms with Crippen LogP contribution in [0.5, 0.6) is 0 Å². The van der Waals surface area contributed by atoms with Crippen molar-refractivity contribution in [2.75, 3.05) is 24.7 Å². The number of hydrogen-bond donors (Lipinski definition) is 1. The average molecular weight is 377 g/mol. The van der Waals surface area contributed by atoms with E-state index in [-0.39, 0.29) is 18.9 Å². The van der Waals surface area contributed by atoms with Crippen LogP contribution in [0.15, 0.2) is 28.7 Å². The summed E-state index contributed by atoms with van der Waals surface area (Å²) in [4.78, 5) is 11.9. The Kier molecular flexibility index (Phi) is 7.34. The Hall–Kier alpha value is -0.920. The molecule has 1 N–H and O–H groups in total. The van der Waals surface area contributed by atoms with Crippen molar-refractivity contribution in [1.82, 2.24) is 4.31 Å². The molecule has 0 radical (unpaired) electrons. The van der Waals surface area contributed by atoms with Gasteiger partial charge in [-0.25, -0.2) is 12.7 Å². The number of nitrogens with zero attached hydrogens (tertiary/aromatic N) is 1. The molecule has 0 bridgehead atoms. The molecule has 0 aliphatic carbocycles. The van der Waals surface area contributed by atoms with Crippen molar-refractivity contribution in [3.63, 3.8) is 0 Å². The summed E-state index contributed by atoms with van der Waals surface area (Å²) in [5.74, 6) is -0.196. The van der Waals surface area contributed by atoms with E-state index in [1.807, 2.05) is 19.1 Å². The van der Waals surface area contributed by atoms with Crippen molar-refractivity contribution >= 4 is 37.5 Å². The second kappa shape index (κ2) is 8.51. The van der Waals surface area contributed by atoms with Gasteiger partial charge < -0.3 is 5.32 Å². The maximum Gasteiger partial charge on any atom is 0.225 e. The summed E-state index contributed by atoms with van der Waals surface area (Å²) in [5.41, 5.74) is 0.689. The maximum atomic E-state index is 11.9. The third-order valence-corrected chi connectivity index (χ3v) is 4.72. The quantitative estimate of drug-likeness (QED) is 0.758. The fourth-order valence-electron chi connectivity index (χ4n) is 1.79.